The molecule has 9 heteroatoms. The zero-order valence-electron chi connectivity index (χ0n) is 15.0. The summed E-state index contributed by atoms with van der Waals surface area (Å²) in [6, 6.07) is 9.15. The maximum Gasteiger partial charge on any atom is 0.401 e. The van der Waals surface area contributed by atoms with Gasteiger partial charge in [0.05, 0.1) is 29.8 Å². The average molecular weight is 381 g/mol. The van der Waals surface area contributed by atoms with Gasteiger partial charge in [0.25, 0.3) is 0 Å². The van der Waals surface area contributed by atoms with Gasteiger partial charge in [0.2, 0.25) is 0 Å². The van der Waals surface area contributed by atoms with Crippen molar-refractivity contribution >= 4 is 11.7 Å². The molecule has 1 atom stereocenters. The van der Waals surface area contributed by atoms with Crippen LogP contribution < -0.4 is 10.6 Å². The van der Waals surface area contributed by atoms with Crippen molar-refractivity contribution < 1.29 is 18.0 Å². The van der Waals surface area contributed by atoms with Crippen LogP contribution in [0.25, 0.3) is 5.69 Å². The number of carbonyl (C=O) groups excluding carboxylic acids is 1. The number of para-hydroxylation sites is 1. The van der Waals surface area contributed by atoms with Gasteiger partial charge in [-0.3, -0.25) is 4.90 Å². The van der Waals surface area contributed by atoms with Crippen LogP contribution in [0.3, 0.4) is 0 Å². The fourth-order valence-electron chi connectivity index (χ4n) is 3.24. The first-order valence-electron chi connectivity index (χ1n) is 8.76. The number of nitrogens with one attached hydrogen (secondary N) is 2. The van der Waals surface area contributed by atoms with Crippen molar-refractivity contribution in [2.24, 2.45) is 5.92 Å². The van der Waals surface area contributed by atoms with Gasteiger partial charge in [0.1, 0.15) is 0 Å². The predicted octanol–water partition coefficient (Wildman–Crippen LogP) is 3.19. The van der Waals surface area contributed by atoms with Crippen LogP contribution in [0, 0.1) is 12.8 Å². The lowest BCUT2D eigenvalue weighted by Gasteiger charge is -2.18. The third-order valence-corrected chi connectivity index (χ3v) is 4.58. The molecule has 0 spiro atoms. The molecule has 2 aromatic rings. The summed E-state index contributed by atoms with van der Waals surface area (Å²) in [5.74, 6) is 0.0197. The lowest BCUT2D eigenvalue weighted by molar-refractivity contribution is -0.143. The Morgan fingerprint density at radius 2 is 2.04 bits per heavy atom. The number of halogens is 3. The van der Waals surface area contributed by atoms with Crippen molar-refractivity contribution in [2.75, 3.05) is 31.5 Å². The van der Waals surface area contributed by atoms with Crippen LogP contribution in [0.5, 0.6) is 0 Å². The van der Waals surface area contributed by atoms with Gasteiger partial charge in [-0.2, -0.15) is 18.3 Å². The zero-order valence-corrected chi connectivity index (χ0v) is 15.0. The second-order valence-corrected chi connectivity index (χ2v) is 6.73. The minimum Gasteiger partial charge on any atom is -0.338 e. The van der Waals surface area contributed by atoms with E-state index < -0.39 is 12.7 Å². The monoisotopic (exact) mass is 381 g/mol. The molecule has 1 saturated heterocycles. The van der Waals surface area contributed by atoms with E-state index in [0.717, 1.165) is 11.4 Å². The predicted molar refractivity (Wildman–Crippen MR) is 95.9 cm³/mol. The lowest BCUT2D eigenvalue weighted by Crippen LogP contribution is -2.36. The van der Waals surface area contributed by atoms with Crippen molar-refractivity contribution in [3.63, 3.8) is 0 Å². The molecule has 1 aromatic carbocycles. The van der Waals surface area contributed by atoms with Crippen LogP contribution in [0.4, 0.5) is 23.7 Å². The SMILES string of the molecule is Cc1c(NC(=O)NCC2CCN(CC(F)(F)F)C2)cnn1-c1ccccc1. The molecule has 27 heavy (non-hydrogen) atoms. The molecule has 0 radical (unpaired) electrons. The number of anilines is 1. The Bertz CT molecular complexity index is 775. The first kappa shape index (κ1) is 19.2. The van der Waals surface area contributed by atoms with E-state index >= 15 is 0 Å². The van der Waals surface area contributed by atoms with Gasteiger partial charge >= 0.3 is 12.2 Å². The maximum atomic E-state index is 12.4. The van der Waals surface area contributed by atoms with E-state index in [4.69, 9.17) is 0 Å². The third-order valence-electron chi connectivity index (χ3n) is 4.58. The Hall–Kier alpha value is -2.55. The van der Waals surface area contributed by atoms with Crippen molar-refractivity contribution in [1.29, 1.82) is 0 Å². The molecule has 0 bridgehead atoms. The van der Waals surface area contributed by atoms with E-state index in [1.165, 1.54) is 4.90 Å². The van der Waals surface area contributed by atoms with Crippen LogP contribution >= 0.6 is 0 Å². The van der Waals surface area contributed by atoms with Crippen molar-refractivity contribution in [3.8, 4) is 5.69 Å². The molecule has 0 saturated carbocycles. The summed E-state index contributed by atoms with van der Waals surface area (Å²) in [5, 5.41) is 9.77. The quantitative estimate of drug-likeness (QED) is 0.836. The van der Waals surface area contributed by atoms with Gasteiger partial charge < -0.3 is 10.6 Å². The standard InChI is InChI=1S/C18H22F3N5O/c1-13-16(10-23-26(13)15-5-3-2-4-6-15)24-17(27)22-9-14-7-8-25(11-14)12-18(19,20)21/h2-6,10,14H,7-9,11-12H2,1H3,(H2,22,24,27). The van der Waals surface area contributed by atoms with E-state index in [1.54, 1.807) is 10.9 Å². The molecule has 2 heterocycles. The number of rotatable bonds is 5. The number of likely N-dealkylation sites (tertiary alicyclic amines) is 1. The smallest absolute Gasteiger partial charge is 0.338 e. The molecule has 1 unspecified atom stereocenters. The normalized spacial score (nSPS) is 17.9. The van der Waals surface area contributed by atoms with Crippen molar-refractivity contribution in [2.45, 2.75) is 19.5 Å². The Labute approximate surface area is 155 Å². The fraction of sp³-hybridized carbons (Fsp3) is 0.444. The van der Waals surface area contributed by atoms with Gasteiger partial charge in [-0.15, -0.1) is 0 Å². The largest absolute Gasteiger partial charge is 0.401 e. The Kier molecular flexibility index (Phi) is 5.69. The Morgan fingerprint density at radius 1 is 1.30 bits per heavy atom. The summed E-state index contributed by atoms with van der Waals surface area (Å²) in [4.78, 5) is 13.5. The number of aromatic nitrogens is 2. The van der Waals surface area contributed by atoms with E-state index in [2.05, 4.69) is 15.7 Å². The minimum atomic E-state index is -4.18. The number of hydrogen-bond donors (Lipinski definition) is 2. The third kappa shape index (κ3) is 5.22. The Morgan fingerprint density at radius 3 is 2.74 bits per heavy atom. The summed E-state index contributed by atoms with van der Waals surface area (Å²) in [6.45, 7) is 2.03. The molecule has 6 nitrogen and oxygen atoms in total. The van der Waals surface area contributed by atoms with E-state index in [-0.39, 0.29) is 11.9 Å². The van der Waals surface area contributed by atoms with Crippen LogP contribution in [-0.4, -0.2) is 53.1 Å². The lowest BCUT2D eigenvalue weighted by atomic mass is 10.1. The number of benzene rings is 1. The van der Waals surface area contributed by atoms with Crippen LogP contribution in [0.15, 0.2) is 36.5 Å². The minimum absolute atomic E-state index is 0.0197. The van der Waals surface area contributed by atoms with Crippen LogP contribution in [0.2, 0.25) is 0 Å². The highest BCUT2D eigenvalue weighted by Gasteiger charge is 2.34. The highest BCUT2D eigenvalue weighted by molar-refractivity contribution is 5.89. The highest BCUT2D eigenvalue weighted by atomic mass is 19.4. The first-order chi connectivity index (χ1) is 12.8. The first-order valence-corrected chi connectivity index (χ1v) is 8.76. The van der Waals surface area contributed by atoms with Crippen LogP contribution in [-0.2, 0) is 0 Å². The number of urea groups is 1. The molecule has 0 aliphatic carbocycles. The van der Waals surface area contributed by atoms with E-state index in [9.17, 15) is 18.0 Å². The number of carbonyl (C=O) groups is 1. The summed E-state index contributed by atoms with van der Waals surface area (Å²) < 4.78 is 39.0. The number of amides is 2. The molecule has 1 aromatic heterocycles. The second kappa shape index (κ2) is 7.99. The van der Waals surface area contributed by atoms with Crippen LogP contribution in [0.1, 0.15) is 12.1 Å². The van der Waals surface area contributed by atoms with Gasteiger partial charge in [0, 0.05) is 13.1 Å². The Balaban J connectivity index is 1.49. The molecule has 1 aliphatic heterocycles. The van der Waals surface area contributed by atoms with Gasteiger partial charge in [0.15, 0.2) is 0 Å². The molecule has 1 aliphatic rings. The van der Waals surface area contributed by atoms with E-state index in [1.807, 2.05) is 37.3 Å². The molecular weight excluding hydrogens is 359 g/mol. The average Bonchev–Trinajstić information content (AvgIpc) is 3.19. The fourth-order valence-corrected chi connectivity index (χ4v) is 3.24. The maximum absolute atomic E-state index is 12.4. The molecule has 1 fully saturated rings. The summed E-state index contributed by atoms with van der Waals surface area (Å²) in [7, 11) is 0. The summed E-state index contributed by atoms with van der Waals surface area (Å²) in [5.41, 5.74) is 2.26. The van der Waals surface area contributed by atoms with Gasteiger partial charge in [-0.05, 0) is 37.9 Å². The van der Waals surface area contributed by atoms with Gasteiger partial charge in [-0.1, -0.05) is 18.2 Å². The molecule has 146 valence electrons. The molecule has 3 rings (SSSR count). The van der Waals surface area contributed by atoms with Crippen molar-refractivity contribution in [3.05, 3.63) is 42.2 Å². The number of nitrogens with zero attached hydrogens (tertiary/aromatic N) is 3. The second-order valence-electron chi connectivity index (χ2n) is 6.73. The number of hydrogen-bond acceptors (Lipinski definition) is 3. The topological polar surface area (TPSA) is 62.2 Å². The highest BCUT2D eigenvalue weighted by Crippen LogP contribution is 2.22. The van der Waals surface area contributed by atoms with E-state index in [0.29, 0.717) is 31.7 Å². The molecular formula is C18H22F3N5O. The number of alkyl halides is 3. The summed E-state index contributed by atoms with van der Waals surface area (Å²) >= 11 is 0. The zero-order chi connectivity index (χ0) is 19.4. The van der Waals surface area contributed by atoms with Gasteiger partial charge in [-0.25, -0.2) is 9.48 Å². The van der Waals surface area contributed by atoms with Crippen molar-refractivity contribution in [1.82, 2.24) is 20.0 Å². The summed E-state index contributed by atoms with van der Waals surface area (Å²) in [6.07, 6.45) is -1.97. The molecule has 2 N–H and O–H groups in total. The molecule has 2 amide bonds.